The molecule has 0 aromatic heterocycles. The molecule has 1 atom stereocenters. The number of hydrogen-bond acceptors (Lipinski definition) is 6. The molecular weight excluding hydrogens is 327 g/mol. The topological polar surface area (TPSA) is 133 Å². The van der Waals surface area contributed by atoms with Crippen LogP contribution >= 0.6 is 0 Å². The number of hydrogen-bond donors (Lipinski definition) is 2. The zero-order chi connectivity index (χ0) is 16.4. The highest BCUT2D eigenvalue weighted by molar-refractivity contribution is 7.94. The predicted octanol–water partition coefficient (Wildman–Crippen LogP) is -0.224. The van der Waals surface area contributed by atoms with Crippen molar-refractivity contribution >= 4 is 31.7 Å². The van der Waals surface area contributed by atoms with Crippen molar-refractivity contribution in [3.05, 3.63) is 24.0 Å². The van der Waals surface area contributed by atoms with Crippen LogP contribution in [0.2, 0.25) is 0 Å². The highest BCUT2D eigenvalue weighted by atomic mass is 32.2. The van der Waals surface area contributed by atoms with Crippen molar-refractivity contribution in [2.45, 2.75) is 17.1 Å². The molecule has 1 aromatic carbocycles. The molecule has 1 rings (SSSR count). The maximum absolute atomic E-state index is 13.7. The van der Waals surface area contributed by atoms with Crippen LogP contribution in [0.4, 0.5) is 10.1 Å². The first-order chi connectivity index (χ1) is 9.49. The Labute approximate surface area is 121 Å². The number of rotatable bonds is 5. The second-order valence-corrected chi connectivity index (χ2v) is 7.56. The van der Waals surface area contributed by atoms with Gasteiger partial charge in [0.15, 0.2) is 5.25 Å². The van der Waals surface area contributed by atoms with Crippen LogP contribution < -0.4 is 9.86 Å². The van der Waals surface area contributed by atoms with Gasteiger partial charge in [0.1, 0.15) is 5.82 Å². The van der Waals surface area contributed by atoms with Gasteiger partial charge in [0.25, 0.3) is 0 Å². The van der Waals surface area contributed by atoms with E-state index >= 15 is 0 Å². The van der Waals surface area contributed by atoms with E-state index in [4.69, 9.17) is 5.14 Å². The molecule has 11 heteroatoms. The van der Waals surface area contributed by atoms with Crippen LogP contribution in [0.15, 0.2) is 23.1 Å². The van der Waals surface area contributed by atoms with E-state index in [0.29, 0.717) is 6.07 Å². The van der Waals surface area contributed by atoms with Gasteiger partial charge in [-0.15, -0.1) is 0 Å². The molecule has 118 valence electrons. The Morgan fingerprint density at radius 3 is 2.33 bits per heavy atom. The molecule has 8 nitrogen and oxygen atoms in total. The highest BCUT2D eigenvalue weighted by Crippen LogP contribution is 2.20. The number of halogens is 1. The number of ether oxygens (including phenoxy) is 1. The average molecular weight is 340 g/mol. The van der Waals surface area contributed by atoms with Gasteiger partial charge in [-0.1, -0.05) is 0 Å². The SMILES string of the molecule is COC(=O)C(C)S(=O)(=O)Nc1ccc(S(N)(=O)=O)cc1F. The largest absolute Gasteiger partial charge is 0.468 e. The zero-order valence-electron chi connectivity index (χ0n) is 11.0. The van der Waals surface area contributed by atoms with Crippen molar-refractivity contribution in [2.75, 3.05) is 11.8 Å². The summed E-state index contributed by atoms with van der Waals surface area (Å²) in [4.78, 5) is 10.7. The van der Waals surface area contributed by atoms with Crippen LogP contribution in [0.1, 0.15) is 6.92 Å². The smallest absolute Gasteiger partial charge is 0.325 e. The van der Waals surface area contributed by atoms with Crippen LogP contribution in [0.3, 0.4) is 0 Å². The predicted molar refractivity (Wildman–Crippen MR) is 71.8 cm³/mol. The van der Waals surface area contributed by atoms with Crippen molar-refractivity contribution in [3.8, 4) is 0 Å². The van der Waals surface area contributed by atoms with E-state index in [-0.39, 0.29) is 0 Å². The van der Waals surface area contributed by atoms with Crippen molar-refractivity contribution in [3.63, 3.8) is 0 Å². The molecule has 0 aliphatic rings. The quantitative estimate of drug-likeness (QED) is 0.712. The number of nitrogens with one attached hydrogen (secondary N) is 1. The van der Waals surface area contributed by atoms with Crippen LogP contribution in [0, 0.1) is 5.82 Å². The van der Waals surface area contributed by atoms with Gasteiger partial charge in [-0.05, 0) is 25.1 Å². The molecule has 1 aromatic rings. The number of nitrogens with two attached hydrogens (primary N) is 1. The molecule has 0 saturated heterocycles. The normalized spacial score (nSPS) is 13.5. The average Bonchev–Trinajstić information content (AvgIpc) is 2.37. The van der Waals surface area contributed by atoms with Gasteiger partial charge in [-0.2, -0.15) is 0 Å². The second-order valence-electron chi connectivity index (χ2n) is 4.00. The van der Waals surface area contributed by atoms with Crippen molar-refractivity contribution in [1.82, 2.24) is 0 Å². The highest BCUT2D eigenvalue weighted by Gasteiger charge is 2.29. The molecule has 0 heterocycles. The lowest BCUT2D eigenvalue weighted by Crippen LogP contribution is -2.33. The van der Waals surface area contributed by atoms with Crippen LogP contribution in [-0.2, 0) is 29.6 Å². The lowest BCUT2D eigenvalue weighted by atomic mass is 10.3. The maximum atomic E-state index is 13.7. The lowest BCUT2D eigenvalue weighted by molar-refractivity contribution is -0.139. The Morgan fingerprint density at radius 2 is 1.90 bits per heavy atom. The van der Waals surface area contributed by atoms with Gasteiger partial charge in [-0.25, -0.2) is 26.4 Å². The monoisotopic (exact) mass is 340 g/mol. The number of anilines is 1. The molecule has 1 unspecified atom stereocenters. The van der Waals surface area contributed by atoms with Crippen molar-refractivity contribution < 1.29 is 30.8 Å². The van der Waals surface area contributed by atoms with E-state index in [1.165, 1.54) is 0 Å². The molecule has 0 spiro atoms. The van der Waals surface area contributed by atoms with Gasteiger partial charge in [-0.3, -0.25) is 9.52 Å². The molecule has 0 fully saturated rings. The third-order valence-electron chi connectivity index (χ3n) is 2.52. The zero-order valence-corrected chi connectivity index (χ0v) is 12.7. The van der Waals surface area contributed by atoms with E-state index in [1.807, 2.05) is 4.72 Å². The molecule has 0 amide bonds. The minimum Gasteiger partial charge on any atom is -0.468 e. The molecule has 0 radical (unpaired) electrons. The van der Waals surface area contributed by atoms with E-state index in [9.17, 15) is 26.0 Å². The Morgan fingerprint density at radius 1 is 1.33 bits per heavy atom. The van der Waals surface area contributed by atoms with E-state index in [2.05, 4.69) is 4.74 Å². The van der Waals surface area contributed by atoms with E-state index in [0.717, 1.165) is 26.2 Å². The second kappa shape index (κ2) is 5.95. The summed E-state index contributed by atoms with van der Waals surface area (Å²) in [7, 11) is -7.34. The molecular formula is C10H13FN2O6S2. The number of carbonyl (C=O) groups excluding carboxylic acids is 1. The van der Waals surface area contributed by atoms with Gasteiger partial charge >= 0.3 is 5.97 Å². The van der Waals surface area contributed by atoms with Gasteiger partial charge in [0.05, 0.1) is 17.7 Å². The van der Waals surface area contributed by atoms with Crippen LogP contribution in [0.5, 0.6) is 0 Å². The van der Waals surface area contributed by atoms with Gasteiger partial charge in [0.2, 0.25) is 20.0 Å². The van der Waals surface area contributed by atoms with Crippen molar-refractivity contribution in [1.29, 1.82) is 0 Å². The van der Waals surface area contributed by atoms with Crippen LogP contribution in [-0.4, -0.2) is 35.2 Å². The Balaban J connectivity index is 3.12. The number of methoxy groups -OCH3 is 1. The van der Waals surface area contributed by atoms with Gasteiger partial charge < -0.3 is 4.74 Å². The molecule has 0 saturated carbocycles. The van der Waals surface area contributed by atoms with Crippen LogP contribution in [0.25, 0.3) is 0 Å². The minimum absolute atomic E-state index is 0.510. The fourth-order valence-corrected chi connectivity index (χ4v) is 2.81. The number of carbonyl (C=O) groups is 1. The fraction of sp³-hybridized carbons (Fsp3) is 0.300. The molecule has 0 aliphatic carbocycles. The lowest BCUT2D eigenvalue weighted by Gasteiger charge is -2.13. The molecule has 0 aliphatic heterocycles. The number of primary sulfonamides is 1. The Kier molecular flexibility index (Phi) is 4.91. The molecule has 21 heavy (non-hydrogen) atoms. The maximum Gasteiger partial charge on any atom is 0.325 e. The first-order valence-electron chi connectivity index (χ1n) is 5.41. The number of benzene rings is 1. The Bertz CT molecular complexity index is 760. The third kappa shape index (κ3) is 4.12. The fourth-order valence-electron chi connectivity index (χ4n) is 1.29. The summed E-state index contributed by atoms with van der Waals surface area (Å²) >= 11 is 0. The summed E-state index contributed by atoms with van der Waals surface area (Å²) in [5.74, 6) is -2.17. The van der Waals surface area contributed by atoms with Crippen molar-refractivity contribution in [2.24, 2.45) is 5.14 Å². The molecule has 3 N–H and O–H groups in total. The summed E-state index contributed by atoms with van der Waals surface area (Å²) in [5, 5.41) is 3.25. The number of sulfonamides is 2. The molecule has 0 bridgehead atoms. The summed E-state index contributed by atoms with van der Waals surface area (Å²) in [5.41, 5.74) is -0.516. The Hall–Kier alpha value is -1.72. The first-order valence-corrected chi connectivity index (χ1v) is 8.50. The third-order valence-corrected chi connectivity index (χ3v) is 5.06. The summed E-state index contributed by atoms with van der Waals surface area (Å²) < 4.78 is 65.5. The summed E-state index contributed by atoms with van der Waals surface area (Å²) in [6, 6.07) is 2.38. The van der Waals surface area contributed by atoms with Gasteiger partial charge in [0, 0.05) is 0 Å². The van der Waals surface area contributed by atoms with E-state index < -0.39 is 47.7 Å². The minimum atomic E-state index is -4.24. The summed E-state index contributed by atoms with van der Waals surface area (Å²) in [6.45, 7) is 1.06. The summed E-state index contributed by atoms with van der Waals surface area (Å²) in [6.07, 6.45) is 0. The number of esters is 1. The van der Waals surface area contributed by atoms with E-state index in [1.54, 1.807) is 0 Å². The first kappa shape index (κ1) is 17.3. The standard InChI is InChI=1S/C10H13FN2O6S2/c1-6(10(14)19-2)21(17,18)13-9-4-3-7(5-8(9)11)20(12,15)16/h3-6,13H,1-2H3,(H2,12,15,16).